The van der Waals surface area contributed by atoms with E-state index >= 15 is 0 Å². The highest BCUT2D eigenvalue weighted by Gasteiger charge is 2.38. The number of aryl methyl sites for hydroxylation is 1. The molecule has 0 saturated carbocycles. The quantitative estimate of drug-likeness (QED) is 0.405. The minimum atomic E-state index is -0.816. The normalized spacial score (nSPS) is 13.4. The first-order valence-electron chi connectivity index (χ1n) is 12.8. The fourth-order valence-corrected chi connectivity index (χ4v) is 3.97. The number of unbranched alkanes of at least 4 members (excludes halogenated alkanes) is 1. The monoisotopic (exact) mass is 489 g/mol. The van der Waals surface area contributed by atoms with Crippen molar-refractivity contribution in [2.75, 3.05) is 6.54 Å². The summed E-state index contributed by atoms with van der Waals surface area (Å²) >= 11 is 0. The van der Waals surface area contributed by atoms with Gasteiger partial charge in [0.05, 0.1) is 0 Å². The summed E-state index contributed by atoms with van der Waals surface area (Å²) in [5.74, 6) is -0.365. The fraction of sp³-hybridized carbons (Fsp3) is 0.679. The first-order valence-corrected chi connectivity index (χ1v) is 12.8. The third-order valence-corrected chi connectivity index (χ3v) is 5.80. The highest BCUT2D eigenvalue weighted by Crippen LogP contribution is 2.29. The number of ether oxygens (including phenoxy) is 1. The van der Waals surface area contributed by atoms with Gasteiger partial charge in [-0.2, -0.15) is 0 Å². The third-order valence-electron chi connectivity index (χ3n) is 5.80. The summed E-state index contributed by atoms with van der Waals surface area (Å²) in [6.45, 7) is 19.7. The van der Waals surface area contributed by atoms with Crippen LogP contribution >= 0.6 is 0 Å². The Kier molecular flexibility index (Phi) is 11.7. The second-order valence-electron chi connectivity index (χ2n) is 11.0. The number of alkyl carbamates (subject to hydrolysis) is 1. The second-order valence-corrected chi connectivity index (χ2v) is 11.0. The Hall–Kier alpha value is -2.57. The van der Waals surface area contributed by atoms with Gasteiger partial charge >= 0.3 is 6.09 Å². The van der Waals surface area contributed by atoms with Crippen LogP contribution in [0.25, 0.3) is 0 Å². The number of nitrogens with one attached hydrogen (secondary N) is 2. The van der Waals surface area contributed by atoms with Crippen LogP contribution in [-0.4, -0.2) is 47.0 Å². The summed E-state index contributed by atoms with van der Waals surface area (Å²) in [5, 5.41) is 5.81. The smallest absolute Gasteiger partial charge is 0.408 e. The molecule has 2 atom stereocenters. The minimum Gasteiger partial charge on any atom is -0.444 e. The van der Waals surface area contributed by atoms with Crippen molar-refractivity contribution in [2.45, 2.75) is 112 Å². The van der Waals surface area contributed by atoms with Crippen LogP contribution in [0.2, 0.25) is 0 Å². The van der Waals surface area contributed by atoms with Crippen LogP contribution in [0.5, 0.6) is 0 Å². The molecule has 198 valence electrons. The van der Waals surface area contributed by atoms with Gasteiger partial charge in [0, 0.05) is 12.6 Å². The SMILES string of the molecule is CCCCNC(=O)C(c1cccc(C)c1C)N(C(=O)C(CC(C)C)NC(=O)OC(C)(C)C)C(C)C. The molecular weight excluding hydrogens is 442 g/mol. The van der Waals surface area contributed by atoms with Crippen LogP contribution < -0.4 is 10.6 Å². The summed E-state index contributed by atoms with van der Waals surface area (Å²) in [4.78, 5) is 41.8. The van der Waals surface area contributed by atoms with Gasteiger partial charge in [-0.05, 0) is 83.9 Å². The van der Waals surface area contributed by atoms with E-state index < -0.39 is 23.8 Å². The Morgan fingerprint density at radius 1 is 1.06 bits per heavy atom. The topological polar surface area (TPSA) is 87.7 Å². The summed E-state index contributed by atoms with van der Waals surface area (Å²) in [5.41, 5.74) is 2.13. The standard InChI is InChI=1S/C28H47N3O4/c1-11-12-16-29-25(32)24(22-15-13-14-20(6)21(22)7)31(19(4)5)26(33)23(17-18(2)3)30-27(34)35-28(8,9)10/h13-15,18-19,23-24H,11-12,16-17H2,1-10H3,(H,29,32)(H,30,34). The van der Waals surface area contributed by atoms with Crippen molar-refractivity contribution >= 4 is 17.9 Å². The number of nitrogens with zero attached hydrogens (tertiary/aromatic N) is 1. The number of benzene rings is 1. The van der Waals surface area contributed by atoms with Gasteiger partial charge in [0.2, 0.25) is 11.8 Å². The number of carbonyl (C=O) groups is 3. The van der Waals surface area contributed by atoms with Gasteiger partial charge in [0.25, 0.3) is 0 Å². The summed E-state index contributed by atoms with van der Waals surface area (Å²) < 4.78 is 5.43. The lowest BCUT2D eigenvalue weighted by Gasteiger charge is -2.38. The van der Waals surface area contributed by atoms with E-state index in [1.54, 1.807) is 25.7 Å². The summed E-state index contributed by atoms with van der Waals surface area (Å²) in [7, 11) is 0. The maximum Gasteiger partial charge on any atom is 0.408 e. The predicted octanol–water partition coefficient (Wildman–Crippen LogP) is 5.44. The molecule has 0 fully saturated rings. The van der Waals surface area contributed by atoms with Gasteiger partial charge < -0.3 is 20.3 Å². The Morgan fingerprint density at radius 2 is 1.69 bits per heavy atom. The van der Waals surface area contributed by atoms with Gasteiger partial charge in [-0.1, -0.05) is 45.4 Å². The molecule has 0 heterocycles. The molecule has 0 spiro atoms. The maximum atomic E-state index is 14.0. The van der Waals surface area contributed by atoms with Crippen LogP contribution in [0.1, 0.15) is 97.4 Å². The lowest BCUT2D eigenvalue weighted by atomic mass is 9.93. The molecular formula is C28H47N3O4. The first-order chi connectivity index (χ1) is 16.2. The largest absolute Gasteiger partial charge is 0.444 e. The van der Waals surface area contributed by atoms with Crippen molar-refractivity contribution in [2.24, 2.45) is 5.92 Å². The Balaban J connectivity index is 3.49. The molecule has 3 amide bonds. The number of carbonyl (C=O) groups excluding carboxylic acids is 3. The molecule has 0 bridgehead atoms. The molecule has 0 aliphatic carbocycles. The molecule has 7 nitrogen and oxygen atoms in total. The molecule has 7 heteroatoms. The molecule has 2 N–H and O–H groups in total. The third kappa shape index (κ3) is 9.54. The van der Waals surface area contributed by atoms with Crippen molar-refractivity contribution < 1.29 is 19.1 Å². The number of hydrogen-bond donors (Lipinski definition) is 2. The lowest BCUT2D eigenvalue weighted by Crippen LogP contribution is -2.55. The Labute approximate surface area is 212 Å². The molecule has 0 saturated heterocycles. The fourth-order valence-electron chi connectivity index (χ4n) is 3.97. The summed E-state index contributed by atoms with van der Waals surface area (Å²) in [6.07, 6.45) is 1.60. The molecule has 0 aromatic heterocycles. The van der Waals surface area contributed by atoms with Crippen molar-refractivity contribution in [3.05, 3.63) is 34.9 Å². The zero-order chi connectivity index (χ0) is 26.9. The van der Waals surface area contributed by atoms with E-state index in [0.717, 1.165) is 29.5 Å². The van der Waals surface area contributed by atoms with E-state index in [1.807, 2.05) is 59.7 Å². The van der Waals surface area contributed by atoms with Crippen LogP contribution in [0.3, 0.4) is 0 Å². The first kappa shape index (κ1) is 30.5. The zero-order valence-corrected chi connectivity index (χ0v) is 23.5. The van der Waals surface area contributed by atoms with Gasteiger partial charge in [-0.15, -0.1) is 0 Å². The molecule has 35 heavy (non-hydrogen) atoms. The molecule has 1 aromatic rings. The van der Waals surface area contributed by atoms with Gasteiger partial charge in [-0.3, -0.25) is 9.59 Å². The number of rotatable bonds is 11. The molecule has 0 aliphatic heterocycles. The van der Waals surface area contributed by atoms with E-state index in [4.69, 9.17) is 4.74 Å². The van der Waals surface area contributed by atoms with Gasteiger partial charge in [0.15, 0.2) is 0 Å². The number of amides is 3. The molecule has 2 unspecified atom stereocenters. The Morgan fingerprint density at radius 3 is 2.20 bits per heavy atom. The van der Waals surface area contributed by atoms with Crippen LogP contribution in [0, 0.1) is 19.8 Å². The molecule has 0 radical (unpaired) electrons. The Bertz CT molecular complexity index is 858. The van der Waals surface area contributed by atoms with Gasteiger partial charge in [0.1, 0.15) is 17.7 Å². The van der Waals surface area contributed by atoms with E-state index in [2.05, 4.69) is 17.6 Å². The average molecular weight is 490 g/mol. The van der Waals surface area contributed by atoms with E-state index in [9.17, 15) is 14.4 Å². The number of hydrogen-bond acceptors (Lipinski definition) is 4. The molecule has 1 aromatic carbocycles. The molecule has 1 rings (SSSR count). The zero-order valence-electron chi connectivity index (χ0n) is 23.5. The van der Waals surface area contributed by atoms with Crippen molar-refractivity contribution in [3.8, 4) is 0 Å². The van der Waals surface area contributed by atoms with Crippen LogP contribution in [0.4, 0.5) is 4.79 Å². The minimum absolute atomic E-state index is 0.144. The predicted molar refractivity (Wildman–Crippen MR) is 141 cm³/mol. The van der Waals surface area contributed by atoms with Crippen LogP contribution in [0.15, 0.2) is 18.2 Å². The highest BCUT2D eigenvalue weighted by molar-refractivity contribution is 5.92. The van der Waals surface area contributed by atoms with E-state index in [-0.39, 0.29) is 23.8 Å². The second kappa shape index (κ2) is 13.5. The van der Waals surface area contributed by atoms with E-state index in [1.165, 1.54) is 0 Å². The van der Waals surface area contributed by atoms with E-state index in [0.29, 0.717) is 13.0 Å². The van der Waals surface area contributed by atoms with Crippen molar-refractivity contribution in [3.63, 3.8) is 0 Å². The van der Waals surface area contributed by atoms with Crippen LogP contribution in [-0.2, 0) is 14.3 Å². The average Bonchev–Trinajstić information content (AvgIpc) is 2.71. The highest BCUT2D eigenvalue weighted by atomic mass is 16.6. The molecule has 0 aliphatic rings. The van der Waals surface area contributed by atoms with Crippen molar-refractivity contribution in [1.29, 1.82) is 0 Å². The lowest BCUT2D eigenvalue weighted by molar-refractivity contribution is -0.145. The van der Waals surface area contributed by atoms with Gasteiger partial charge in [-0.25, -0.2) is 4.79 Å². The maximum absolute atomic E-state index is 14.0. The summed E-state index contributed by atoms with van der Waals surface area (Å²) in [6, 6.07) is 3.92. The van der Waals surface area contributed by atoms with Crippen molar-refractivity contribution in [1.82, 2.24) is 15.5 Å².